The van der Waals surface area contributed by atoms with E-state index in [1.807, 2.05) is 54.6 Å². The molecule has 6 nitrogen and oxygen atoms in total. The summed E-state index contributed by atoms with van der Waals surface area (Å²) in [5.41, 5.74) is 10.2. The fraction of sp³-hybridized carbons (Fsp3) is 0. The minimum atomic E-state index is -1.28. The average Bonchev–Trinajstić information content (AvgIpc) is 3.28. The van der Waals surface area contributed by atoms with Gasteiger partial charge < -0.3 is 19.6 Å². The number of benzene rings is 7. The number of para-hydroxylation sites is 4. The van der Waals surface area contributed by atoms with E-state index in [0.717, 1.165) is 50.8 Å². The lowest BCUT2D eigenvalue weighted by atomic mass is 9.96. The van der Waals surface area contributed by atoms with Crippen LogP contribution in [0.5, 0.6) is 5.75 Å². The van der Waals surface area contributed by atoms with Crippen LogP contribution >= 0.6 is 0 Å². The van der Waals surface area contributed by atoms with Crippen molar-refractivity contribution in [1.29, 1.82) is 5.26 Å². The van der Waals surface area contributed by atoms with Crippen LogP contribution in [0, 0.1) is 11.3 Å². The van der Waals surface area contributed by atoms with Gasteiger partial charge >= 0.3 is 5.97 Å². The summed E-state index contributed by atoms with van der Waals surface area (Å²) >= 11 is 0. The quantitative estimate of drug-likeness (QED) is 0.0806. The summed E-state index contributed by atoms with van der Waals surface area (Å²) in [4.78, 5) is 16.3. The highest BCUT2D eigenvalue weighted by molar-refractivity contribution is 6.04. The highest BCUT2D eigenvalue weighted by atomic mass is 16.5. The fourth-order valence-corrected chi connectivity index (χ4v) is 6.95. The van der Waals surface area contributed by atoms with Crippen molar-refractivity contribution < 1.29 is 14.6 Å². The minimum absolute atomic E-state index is 0.317. The van der Waals surface area contributed by atoms with Gasteiger partial charge in [-0.1, -0.05) is 127 Å². The highest BCUT2D eigenvalue weighted by Gasteiger charge is 2.22. The summed E-state index contributed by atoms with van der Waals surface area (Å²) < 4.78 is 5.99. The van der Waals surface area contributed by atoms with Gasteiger partial charge in [-0.2, -0.15) is 5.26 Å². The van der Waals surface area contributed by atoms with Crippen molar-refractivity contribution in [3.63, 3.8) is 0 Å². The second kappa shape index (κ2) is 17.1. The van der Waals surface area contributed by atoms with Crippen LogP contribution in [-0.2, 0) is 4.79 Å². The van der Waals surface area contributed by atoms with Gasteiger partial charge in [-0.05, 0) is 108 Å². The van der Waals surface area contributed by atoms with Gasteiger partial charge in [0.15, 0.2) is 0 Å². The molecule has 8 rings (SSSR count). The van der Waals surface area contributed by atoms with Gasteiger partial charge in [0.05, 0.1) is 0 Å². The largest absolute Gasteiger partial charge is 0.477 e. The molecule has 0 radical (unpaired) electrons. The van der Waals surface area contributed by atoms with Gasteiger partial charge in [0.25, 0.3) is 0 Å². The Morgan fingerprint density at radius 2 is 0.931 bits per heavy atom. The summed E-state index contributed by atoms with van der Waals surface area (Å²) in [6, 6.07) is 65.7. The number of nitrogens with zero attached hydrogens (tertiary/aromatic N) is 3. The molecule has 1 heterocycles. The Labute approximate surface area is 338 Å². The first kappa shape index (κ1) is 36.8. The van der Waals surface area contributed by atoms with Gasteiger partial charge in [-0.3, -0.25) is 0 Å². The number of hydrogen-bond acceptors (Lipinski definition) is 5. The molecule has 0 unspecified atom stereocenters. The number of carboxylic acids is 1. The maximum Gasteiger partial charge on any atom is 0.347 e. The number of hydrogen-bond donors (Lipinski definition) is 1. The molecular weight excluding hydrogens is 715 g/mol. The van der Waals surface area contributed by atoms with Crippen LogP contribution in [-0.4, -0.2) is 11.1 Å². The summed E-state index contributed by atoms with van der Waals surface area (Å²) in [7, 11) is 0. The summed E-state index contributed by atoms with van der Waals surface area (Å²) in [5.74, 6) is -0.353. The Balaban J connectivity index is 1.00. The molecule has 0 spiro atoms. The van der Waals surface area contributed by atoms with Crippen LogP contribution in [0.3, 0.4) is 0 Å². The van der Waals surface area contributed by atoms with Gasteiger partial charge in [-0.15, -0.1) is 0 Å². The molecule has 0 aliphatic carbocycles. The number of anilines is 6. The summed E-state index contributed by atoms with van der Waals surface area (Å²) in [6.45, 7) is 0. The van der Waals surface area contributed by atoms with E-state index < -0.39 is 5.97 Å². The van der Waals surface area contributed by atoms with E-state index in [1.54, 1.807) is 36.4 Å². The van der Waals surface area contributed by atoms with Crippen LogP contribution < -0.4 is 14.5 Å². The number of rotatable bonds is 11. The Kier molecular flexibility index (Phi) is 10.9. The Morgan fingerprint density at radius 3 is 1.40 bits per heavy atom. The van der Waals surface area contributed by atoms with E-state index in [2.05, 4.69) is 143 Å². The molecule has 0 saturated heterocycles. The van der Waals surface area contributed by atoms with Gasteiger partial charge in [0.1, 0.15) is 23.2 Å². The van der Waals surface area contributed by atoms with Crippen molar-refractivity contribution in [3.05, 3.63) is 235 Å². The Morgan fingerprint density at radius 1 is 0.517 bits per heavy atom. The molecule has 7 aromatic rings. The molecule has 0 fully saturated rings. The first-order chi connectivity index (χ1) is 28.6. The lowest BCUT2D eigenvalue weighted by molar-refractivity contribution is -0.132. The number of nitriles is 1. The molecule has 1 aliphatic heterocycles. The van der Waals surface area contributed by atoms with Crippen molar-refractivity contribution >= 4 is 51.7 Å². The molecule has 0 bridgehead atoms. The van der Waals surface area contributed by atoms with Crippen LogP contribution in [0.1, 0.15) is 11.1 Å². The van der Waals surface area contributed by atoms with Gasteiger partial charge in [-0.25, -0.2) is 4.79 Å². The second-order valence-electron chi connectivity index (χ2n) is 13.4. The van der Waals surface area contributed by atoms with E-state index in [-0.39, 0.29) is 5.57 Å². The Bertz CT molecular complexity index is 2660. The van der Waals surface area contributed by atoms with Crippen LogP contribution in [0.15, 0.2) is 224 Å². The van der Waals surface area contributed by atoms with Gasteiger partial charge in [0.2, 0.25) is 0 Å². The van der Waals surface area contributed by atoms with E-state index in [0.29, 0.717) is 22.6 Å². The van der Waals surface area contributed by atoms with Crippen molar-refractivity contribution in [2.75, 3.05) is 9.80 Å². The highest BCUT2D eigenvalue weighted by Crippen LogP contribution is 2.39. The molecule has 0 saturated carbocycles. The number of fused-ring (bicyclic) bond motifs is 1. The van der Waals surface area contributed by atoms with E-state index in [4.69, 9.17) is 4.74 Å². The predicted octanol–water partition coefficient (Wildman–Crippen LogP) is 13.2. The summed E-state index contributed by atoms with van der Waals surface area (Å²) in [5, 5.41) is 19.1. The van der Waals surface area contributed by atoms with E-state index in [1.165, 1.54) is 0 Å². The first-order valence-corrected chi connectivity index (χ1v) is 18.8. The third-order valence-electron chi connectivity index (χ3n) is 9.73. The Hall–Kier alpha value is -8.14. The van der Waals surface area contributed by atoms with Crippen molar-refractivity contribution in [3.8, 4) is 22.9 Å². The third-order valence-corrected chi connectivity index (χ3v) is 9.73. The normalized spacial score (nSPS) is 12.9. The molecule has 1 aliphatic rings. The molecule has 0 amide bonds. The van der Waals surface area contributed by atoms with Crippen LogP contribution in [0.2, 0.25) is 0 Å². The van der Waals surface area contributed by atoms with Crippen LogP contribution in [0.25, 0.3) is 22.8 Å². The third kappa shape index (κ3) is 8.11. The van der Waals surface area contributed by atoms with E-state index >= 15 is 0 Å². The maximum absolute atomic E-state index is 11.8. The number of carboxylic acid groups (broad SMARTS) is 1. The number of carbonyl (C=O) groups is 1. The lowest BCUT2D eigenvalue weighted by Crippen LogP contribution is -2.09. The molecular formula is C52H37N3O3. The van der Waals surface area contributed by atoms with E-state index in [9.17, 15) is 15.2 Å². The standard InChI is InChI=1S/C52H37N3O3/c53-37-50(52(56)57)49-36-47(58-51-23-13-12-22-48(49)51)21-11-10-14-38-24-30-44(31-25-38)55(43-19-8-3-9-20-43)46-34-28-40(29-35-46)39-26-32-45(33-27-39)54(41-15-4-1-5-16-41)42-17-6-2-7-18-42/h1-36H,(H,56,57)/b14-10+,21-11+,50-49+. The maximum atomic E-state index is 11.8. The SMILES string of the molecule is N#C/C(C(=O)O)=C1C=C(/C=C/C=C/c2ccc(N(c3ccccc3)c3ccc(-c4ccc(N(c5ccccc5)c5ccccc5)cc4)cc3)cc2)Oc2ccccc2/1. The molecule has 0 aromatic heterocycles. The molecule has 278 valence electrons. The number of ether oxygens (including phenoxy) is 1. The summed E-state index contributed by atoms with van der Waals surface area (Å²) in [6.07, 6.45) is 9.04. The van der Waals surface area contributed by atoms with Crippen molar-refractivity contribution in [2.24, 2.45) is 0 Å². The zero-order valence-electron chi connectivity index (χ0n) is 31.4. The minimum Gasteiger partial charge on any atom is -0.477 e. The topological polar surface area (TPSA) is 76.8 Å². The first-order valence-electron chi connectivity index (χ1n) is 18.8. The lowest BCUT2D eigenvalue weighted by Gasteiger charge is -2.26. The smallest absolute Gasteiger partial charge is 0.347 e. The molecule has 58 heavy (non-hydrogen) atoms. The average molecular weight is 752 g/mol. The number of allylic oxidation sites excluding steroid dienone is 5. The molecule has 6 heteroatoms. The fourth-order valence-electron chi connectivity index (χ4n) is 6.95. The van der Waals surface area contributed by atoms with Crippen molar-refractivity contribution in [1.82, 2.24) is 0 Å². The second-order valence-corrected chi connectivity index (χ2v) is 13.4. The molecule has 1 N–H and O–H groups in total. The zero-order valence-corrected chi connectivity index (χ0v) is 31.4. The number of aliphatic carboxylic acids is 1. The predicted molar refractivity (Wildman–Crippen MR) is 235 cm³/mol. The monoisotopic (exact) mass is 751 g/mol. The molecule has 0 atom stereocenters. The van der Waals surface area contributed by atoms with Gasteiger partial charge in [0, 0.05) is 45.3 Å². The van der Waals surface area contributed by atoms with Crippen LogP contribution in [0.4, 0.5) is 34.1 Å². The van der Waals surface area contributed by atoms with Crippen molar-refractivity contribution in [2.45, 2.75) is 0 Å². The zero-order chi connectivity index (χ0) is 39.7. The molecule has 7 aromatic carbocycles.